The van der Waals surface area contributed by atoms with E-state index in [1.165, 1.54) is 5.56 Å². The second-order valence-electron chi connectivity index (χ2n) is 6.92. The largest absolute Gasteiger partial charge is 0.378 e. The first-order valence-corrected chi connectivity index (χ1v) is 9.36. The maximum absolute atomic E-state index is 12.8. The van der Waals surface area contributed by atoms with E-state index in [1.54, 1.807) is 4.90 Å². The van der Waals surface area contributed by atoms with Gasteiger partial charge in [-0.1, -0.05) is 35.9 Å². The molecule has 1 N–H and O–H groups in total. The molecule has 3 rings (SSSR count). The number of benzene rings is 2. The number of amides is 2. The third-order valence-corrected chi connectivity index (χ3v) is 4.86. The number of hydrogen-bond acceptors (Lipinski definition) is 3. The number of carbonyl (C=O) groups is 2. The molecule has 0 saturated carbocycles. The molecule has 1 aliphatic heterocycles. The van der Waals surface area contributed by atoms with Crippen LogP contribution in [0.15, 0.2) is 42.5 Å². The van der Waals surface area contributed by atoms with Crippen LogP contribution in [-0.2, 0) is 16.0 Å². The summed E-state index contributed by atoms with van der Waals surface area (Å²) >= 11 is 0. The Morgan fingerprint density at radius 2 is 1.81 bits per heavy atom. The van der Waals surface area contributed by atoms with E-state index in [2.05, 4.69) is 11.4 Å². The van der Waals surface area contributed by atoms with E-state index in [4.69, 9.17) is 4.74 Å². The van der Waals surface area contributed by atoms with Crippen molar-refractivity contribution in [2.45, 2.75) is 26.7 Å². The Hall–Kier alpha value is -2.66. The Morgan fingerprint density at radius 3 is 2.56 bits per heavy atom. The summed E-state index contributed by atoms with van der Waals surface area (Å²) in [6.45, 7) is 6.27. The molecule has 0 unspecified atom stereocenters. The molecule has 0 aliphatic carbocycles. The molecule has 0 bridgehead atoms. The Kier molecular flexibility index (Phi) is 6.24. The molecule has 1 aliphatic rings. The summed E-state index contributed by atoms with van der Waals surface area (Å²) in [6.07, 6.45) is 1.10. The second kappa shape index (κ2) is 8.82. The van der Waals surface area contributed by atoms with Crippen LogP contribution >= 0.6 is 0 Å². The Bertz CT molecular complexity index is 826. The van der Waals surface area contributed by atoms with Crippen molar-refractivity contribution in [3.63, 3.8) is 0 Å². The van der Waals surface area contributed by atoms with Gasteiger partial charge in [-0.3, -0.25) is 9.59 Å². The van der Waals surface area contributed by atoms with Gasteiger partial charge in [0.25, 0.3) is 5.91 Å². The third kappa shape index (κ3) is 4.95. The molecule has 2 aromatic carbocycles. The van der Waals surface area contributed by atoms with Crippen molar-refractivity contribution in [1.29, 1.82) is 0 Å². The average Bonchev–Trinajstić information content (AvgIpc) is 2.68. The quantitative estimate of drug-likeness (QED) is 0.883. The fraction of sp³-hybridized carbons (Fsp3) is 0.364. The zero-order valence-electron chi connectivity index (χ0n) is 16.0. The number of nitrogens with one attached hydrogen (secondary N) is 1. The van der Waals surface area contributed by atoms with Gasteiger partial charge in [-0.25, -0.2) is 0 Å². The van der Waals surface area contributed by atoms with Crippen molar-refractivity contribution in [3.8, 4) is 0 Å². The van der Waals surface area contributed by atoms with Gasteiger partial charge in [-0.05, 0) is 43.5 Å². The predicted octanol–water partition coefficient (Wildman–Crippen LogP) is 3.35. The fourth-order valence-electron chi connectivity index (χ4n) is 3.28. The molecular formula is C22H26N2O3. The summed E-state index contributed by atoms with van der Waals surface area (Å²) in [6, 6.07) is 13.7. The number of hydrogen-bond donors (Lipinski definition) is 1. The van der Waals surface area contributed by atoms with Gasteiger partial charge in [-0.15, -0.1) is 0 Å². The Balaban J connectivity index is 1.64. The maximum atomic E-state index is 12.8. The van der Waals surface area contributed by atoms with Crippen LogP contribution in [0.2, 0.25) is 0 Å². The SMILES string of the molecule is Cc1cccc(CCC(=O)Nc2cccc(C(=O)N3CCOCC3)c2C)c1. The van der Waals surface area contributed by atoms with Gasteiger partial charge in [0.1, 0.15) is 0 Å². The van der Waals surface area contributed by atoms with E-state index in [0.29, 0.717) is 50.4 Å². The molecule has 2 amide bonds. The zero-order chi connectivity index (χ0) is 19.2. The summed E-state index contributed by atoms with van der Waals surface area (Å²) < 4.78 is 5.31. The monoisotopic (exact) mass is 366 g/mol. The maximum Gasteiger partial charge on any atom is 0.254 e. The lowest BCUT2D eigenvalue weighted by molar-refractivity contribution is -0.116. The predicted molar refractivity (Wildman–Crippen MR) is 106 cm³/mol. The van der Waals surface area contributed by atoms with Gasteiger partial charge < -0.3 is 15.0 Å². The third-order valence-electron chi connectivity index (χ3n) is 4.86. The lowest BCUT2D eigenvalue weighted by atomic mass is 10.0. The number of rotatable bonds is 5. The molecule has 142 valence electrons. The molecule has 2 aromatic rings. The minimum atomic E-state index is -0.0458. The van der Waals surface area contributed by atoms with Crippen LogP contribution in [0.25, 0.3) is 0 Å². The highest BCUT2D eigenvalue weighted by Crippen LogP contribution is 2.21. The number of carbonyl (C=O) groups excluding carboxylic acids is 2. The van der Waals surface area contributed by atoms with Gasteiger partial charge in [0.2, 0.25) is 5.91 Å². The smallest absolute Gasteiger partial charge is 0.254 e. The van der Waals surface area contributed by atoms with E-state index in [9.17, 15) is 9.59 Å². The van der Waals surface area contributed by atoms with Crippen LogP contribution in [0.5, 0.6) is 0 Å². The normalized spacial score (nSPS) is 14.1. The minimum Gasteiger partial charge on any atom is -0.378 e. The molecule has 0 radical (unpaired) electrons. The highest BCUT2D eigenvalue weighted by molar-refractivity contribution is 5.99. The summed E-state index contributed by atoms with van der Waals surface area (Å²) in [5.74, 6) is -0.0535. The van der Waals surface area contributed by atoms with Crippen LogP contribution < -0.4 is 5.32 Å². The van der Waals surface area contributed by atoms with Crippen LogP contribution in [0, 0.1) is 13.8 Å². The first kappa shape index (κ1) is 19.1. The summed E-state index contributed by atoms with van der Waals surface area (Å²) in [4.78, 5) is 26.9. The number of anilines is 1. The van der Waals surface area contributed by atoms with Crippen LogP contribution in [0.3, 0.4) is 0 Å². The van der Waals surface area contributed by atoms with Gasteiger partial charge in [-0.2, -0.15) is 0 Å². The summed E-state index contributed by atoms with van der Waals surface area (Å²) in [5, 5.41) is 2.96. The van der Waals surface area contributed by atoms with E-state index in [1.807, 2.05) is 50.2 Å². The van der Waals surface area contributed by atoms with Crippen molar-refractivity contribution < 1.29 is 14.3 Å². The fourth-order valence-corrected chi connectivity index (χ4v) is 3.28. The van der Waals surface area contributed by atoms with Crippen molar-refractivity contribution in [1.82, 2.24) is 4.90 Å². The van der Waals surface area contributed by atoms with E-state index >= 15 is 0 Å². The molecule has 1 saturated heterocycles. The Labute approximate surface area is 160 Å². The number of morpholine rings is 1. The second-order valence-corrected chi connectivity index (χ2v) is 6.92. The van der Waals surface area contributed by atoms with Crippen molar-refractivity contribution in [2.75, 3.05) is 31.6 Å². The molecule has 5 heteroatoms. The van der Waals surface area contributed by atoms with Crippen molar-refractivity contribution >= 4 is 17.5 Å². The molecule has 1 heterocycles. The van der Waals surface area contributed by atoms with Gasteiger partial charge in [0, 0.05) is 30.8 Å². The van der Waals surface area contributed by atoms with Crippen LogP contribution in [-0.4, -0.2) is 43.0 Å². The minimum absolute atomic E-state index is 0.00772. The average molecular weight is 366 g/mol. The highest BCUT2D eigenvalue weighted by atomic mass is 16.5. The van der Waals surface area contributed by atoms with Crippen molar-refractivity contribution in [3.05, 3.63) is 64.7 Å². The lowest BCUT2D eigenvalue weighted by Crippen LogP contribution is -2.41. The molecule has 1 fully saturated rings. The first-order chi connectivity index (χ1) is 13.0. The number of nitrogens with zero attached hydrogens (tertiary/aromatic N) is 1. The molecule has 0 aromatic heterocycles. The Morgan fingerprint density at radius 1 is 1.07 bits per heavy atom. The lowest BCUT2D eigenvalue weighted by Gasteiger charge is -2.27. The van der Waals surface area contributed by atoms with Gasteiger partial charge >= 0.3 is 0 Å². The molecule has 5 nitrogen and oxygen atoms in total. The van der Waals surface area contributed by atoms with Gasteiger partial charge in [0.05, 0.1) is 13.2 Å². The van der Waals surface area contributed by atoms with E-state index in [0.717, 1.165) is 11.1 Å². The highest BCUT2D eigenvalue weighted by Gasteiger charge is 2.21. The van der Waals surface area contributed by atoms with Gasteiger partial charge in [0.15, 0.2) is 0 Å². The zero-order valence-corrected chi connectivity index (χ0v) is 16.0. The van der Waals surface area contributed by atoms with E-state index in [-0.39, 0.29) is 11.8 Å². The standard InChI is InChI=1S/C22H26N2O3/c1-16-5-3-6-18(15-16)9-10-21(25)23-20-8-4-7-19(17(20)2)22(26)24-11-13-27-14-12-24/h3-8,15H,9-14H2,1-2H3,(H,23,25). The van der Waals surface area contributed by atoms with Crippen molar-refractivity contribution in [2.24, 2.45) is 0 Å². The molecule has 27 heavy (non-hydrogen) atoms. The summed E-state index contributed by atoms with van der Waals surface area (Å²) in [5.41, 5.74) is 4.48. The van der Waals surface area contributed by atoms with Crippen LogP contribution in [0.4, 0.5) is 5.69 Å². The molecule has 0 spiro atoms. The topological polar surface area (TPSA) is 58.6 Å². The number of ether oxygens (including phenoxy) is 1. The van der Waals surface area contributed by atoms with E-state index < -0.39 is 0 Å². The number of aryl methyl sites for hydroxylation is 2. The van der Waals surface area contributed by atoms with Crippen LogP contribution in [0.1, 0.15) is 33.5 Å². The summed E-state index contributed by atoms with van der Waals surface area (Å²) in [7, 11) is 0. The molecule has 0 atom stereocenters. The first-order valence-electron chi connectivity index (χ1n) is 9.36. The molecular weight excluding hydrogens is 340 g/mol.